The zero-order valence-electron chi connectivity index (χ0n) is 9.16. The molecule has 0 spiro atoms. The molecule has 2 atom stereocenters. The molecule has 14 heavy (non-hydrogen) atoms. The molecule has 0 aromatic rings. The van der Waals surface area contributed by atoms with Crippen molar-refractivity contribution in [2.45, 2.75) is 39.3 Å². The van der Waals surface area contributed by atoms with E-state index in [0.29, 0.717) is 13.0 Å². The number of hydrogen-bond donors (Lipinski definition) is 1. The fourth-order valence-electron chi connectivity index (χ4n) is 1.75. The number of hydrogen-bond acceptors (Lipinski definition) is 3. The summed E-state index contributed by atoms with van der Waals surface area (Å²) in [5, 5.41) is 3.27. The molecule has 0 aromatic heterocycles. The minimum absolute atomic E-state index is 0.0859. The number of sulfonamides is 1. The Labute approximate surface area is 86.7 Å². The Bertz CT molecular complexity index is 277. The molecule has 0 aromatic carbocycles. The maximum absolute atomic E-state index is 11.8. The van der Waals surface area contributed by atoms with Crippen LogP contribution in [0.2, 0.25) is 0 Å². The van der Waals surface area contributed by atoms with Crippen molar-refractivity contribution in [3.63, 3.8) is 0 Å². The summed E-state index contributed by atoms with van der Waals surface area (Å²) in [5.74, 6) is 0.268. The van der Waals surface area contributed by atoms with Crippen molar-refractivity contribution in [1.82, 2.24) is 9.62 Å². The summed E-state index contributed by atoms with van der Waals surface area (Å²) < 4.78 is 25.3. The van der Waals surface area contributed by atoms with Crippen LogP contribution in [-0.2, 0) is 10.0 Å². The Morgan fingerprint density at radius 1 is 1.43 bits per heavy atom. The van der Waals surface area contributed by atoms with Crippen molar-refractivity contribution in [2.24, 2.45) is 0 Å². The van der Waals surface area contributed by atoms with Gasteiger partial charge in [-0.15, -0.1) is 0 Å². The van der Waals surface area contributed by atoms with Crippen LogP contribution in [0.15, 0.2) is 0 Å². The largest absolute Gasteiger partial charge is 0.311 e. The zero-order chi connectivity index (χ0) is 10.8. The first-order valence-corrected chi connectivity index (χ1v) is 6.81. The van der Waals surface area contributed by atoms with E-state index < -0.39 is 10.0 Å². The second-order valence-corrected chi connectivity index (χ2v) is 6.09. The Morgan fingerprint density at radius 3 is 2.64 bits per heavy atom. The normalized spacial score (nSPS) is 30.5. The van der Waals surface area contributed by atoms with Gasteiger partial charge in [0.05, 0.1) is 5.75 Å². The van der Waals surface area contributed by atoms with Gasteiger partial charge in [0.1, 0.15) is 0 Å². The highest BCUT2D eigenvalue weighted by Crippen LogP contribution is 2.13. The van der Waals surface area contributed by atoms with Crippen molar-refractivity contribution >= 4 is 10.0 Å². The lowest BCUT2D eigenvalue weighted by Crippen LogP contribution is -2.56. The van der Waals surface area contributed by atoms with E-state index in [2.05, 4.69) is 5.32 Å². The molecular weight excluding hydrogens is 200 g/mol. The van der Waals surface area contributed by atoms with Gasteiger partial charge in [0.15, 0.2) is 0 Å². The first kappa shape index (κ1) is 11.9. The predicted octanol–water partition coefficient (Wildman–Crippen LogP) is 0.408. The Morgan fingerprint density at radius 2 is 2.07 bits per heavy atom. The van der Waals surface area contributed by atoms with Crippen LogP contribution in [0.1, 0.15) is 27.2 Å². The summed E-state index contributed by atoms with van der Waals surface area (Å²) in [5.41, 5.74) is 0. The van der Waals surface area contributed by atoms with Gasteiger partial charge in [-0.1, -0.05) is 6.92 Å². The molecule has 1 rings (SSSR count). The standard InChI is InChI=1S/C9H20N2O2S/c1-4-5-14(12,13)11-7-8(2)10-6-9(11)3/h8-10H,4-7H2,1-3H3. The molecule has 1 aliphatic heterocycles. The van der Waals surface area contributed by atoms with Gasteiger partial charge in [-0.05, 0) is 20.3 Å². The molecule has 0 radical (unpaired) electrons. The van der Waals surface area contributed by atoms with Gasteiger partial charge in [0, 0.05) is 25.2 Å². The predicted molar refractivity (Wildman–Crippen MR) is 57.7 cm³/mol. The van der Waals surface area contributed by atoms with E-state index in [1.54, 1.807) is 4.31 Å². The van der Waals surface area contributed by atoms with E-state index in [1.807, 2.05) is 20.8 Å². The lowest BCUT2D eigenvalue weighted by molar-refractivity contribution is 0.244. The second-order valence-electron chi connectivity index (χ2n) is 4.04. The molecular formula is C9H20N2O2S. The van der Waals surface area contributed by atoms with Gasteiger partial charge < -0.3 is 5.32 Å². The van der Waals surface area contributed by atoms with E-state index in [-0.39, 0.29) is 17.8 Å². The minimum Gasteiger partial charge on any atom is -0.311 e. The van der Waals surface area contributed by atoms with Gasteiger partial charge >= 0.3 is 0 Å². The smallest absolute Gasteiger partial charge is 0.214 e. The van der Waals surface area contributed by atoms with Crippen LogP contribution < -0.4 is 5.32 Å². The van der Waals surface area contributed by atoms with Crippen LogP contribution >= 0.6 is 0 Å². The lowest BCUT2D eigenvalue weighted by atomic mass is 10.2. The molecule has 1 N–H and O–H groups in total. The van der Waals surface area contributed by atoms with Crippen LogP contribution in [0.5, 0.6) is 0 Å². The minimum atomic E-state index is -3.02. The molecule has 1 heterocycles. The number of rotatable bonds is 3. The van der Waals surface area contributed by atoms with Crippen LogP contribution in [0, 0.1) is 0 Å². The van der Waals surface area contributed by atoms with Crippen molar-refractivity contribution in [3.05, 3.63) is 0 Å². The Kier molecular flexibility index (Phi) is 3.92. The summed E-state index contributed by atoms with van der Waals surface area (Å²) in [4.78, 5) is 0. The van der Waals surface area contributed by atoms with E-state index in [1.165, 1.54) is 0 Å². The molecule has 1 fully saturated rings. The summed E-state index contributed by atoms with van der Waals surface area (Å²) in [6.45, 7) is 7.22. The van der Waals surface area contributed by atoms with Crippen LogP contribution in [-0.4, -0.2) is 43.6 Å². The molecule has 0 amide bonds. The third-order valence-electron chi connectivity index (χ3n) is 2.53. The van der Waals surface area contributed by atoms with Crippen molar-refractivity contribution < 1.29 is 8.42 Å². The van der Waals surface area contributed by atoms with Crippen molar-refractivity contribution in [2.75, 3.05) is 18.8 Å². The lowest BCUT2D eigenvalue weighted by Gasteiger charge is -2.36. The zero-order valence-corrected chi connectivity index (χ0v) is 9.97. The number of nitrogens with zero attached hydrogens (tertiary/aromatic N) is 1. The van der Waals surface area contributed by atoms with Crippen molar-refractivity contribution in [1.29, 1.82) is 0 Å². The SMILES string of the molecule is CCCS(=O)(=O)N1CC(C)NCC1C. The molecule has 0 bridgehead atoms. The molecule has 0 aliphatic carbocycles. The summed E-state index contributed by atoms with van der Waals surface area (Å²) in [6, 6.07) is 0.348. The maximum atomic E-state index is 11.8. The molecule has 2 unspecified atom stereocenters. The van der Waals surface area contributed by atoms with Gasteiger partial charge in [-0.3, -0.25) is 0 Å². The first-order chi connectivity index (χ1) is 6.47. The van der Waals surface area contributed by atoms with Crippen LogP contribution in [0.4, 0.5) is 0 Å². The number of nitrogens with one attached hydrogen (secondary N) is 1. The average Bonchev–Trinajstić information content (AvgIpc) is 2.09. The molecule has 1 saturated heterocycles. The highest BCUT2D eigenvalue weighted by atomic mass is 32.2. The molecule has 5 heteroatoms. The monoisotopic (exact) mass is 220 g/mol. The average molecular weight is 220 g/mol. The van der Waals surface area contributed by atoms with Crippen LogP contribution in [0.3, 0.4) is 0 Å². The van der Waals surface area contributed by atoms with E-state index >= 15 is 0 Å². The summed E-state index contributed by atoms with van der Waals surface area (Å²) in [6.07, 6.45) is 0.688. The van der Waals surface area contributed by atoms with Crippen LogP contribution in [0.25, 0.3) is 0 Å². The topological polar surface area (TPSA) is 49.4 Å². The second kappa shape index (κ2) is 4.59. The van der Waals surface area contributed by atoms with E-state index in [9.17, 15) is 8.42 Å². The quantitative estimate of drug-likeness (QED) is 0.749. The Balaban J connectivity index is 2.74. The third-order valence-corrected chi connectivity index (χ3v) is 4.67. The summed E-state index contributed by atoms with van der Waals surface area (Å²) >= 11 is 0. The highest BCUT2D eigenvalue weighted by molar-refractivity contribution is 7.89. The highest BCUT2D eigenvalue weighted by Gasteiger charge is 2.31. The van der Waals surface area contributed by atoms with Gasteiger partial charge in [0.2, 0.25) is 10.0 Å². The van der Waals surface area contributed by atoms with Gasteiger partial charge in [0.25, 0.3) is 0 Å². The maximum Gasteiger partial charge on any atom is 0.214 e. The van der Waals surface area contributed by atoms with Crippen molar-refractivity contribution in [3.8, 4) is 0 Å². The molecule has 4 nitrogen and oxygen atoms in total. The fourth-order valence-corrected chi connectivity index (χ4v) is 3.57. The Hall–Kier alpha value is -0.130. The van der Waals surface area contributed by atoms with E-state index in [4.69, 9.17) is 0 Å². The summed E-state index contributed by atoms with van der Waals surface area (Å²) in [7, 11) is -3.02. The molecule has 84 valence electrons. The molecule has 1 aliphatic rings. The first-order valence-electron chi connectivity index (χ1n) is 5.20. The fraction of sp³-hybridized carbons (Fsp3) is 1.00. The molecule has 0 saturated carbocycles. The third kappa shape index (κ3) is 2.68. The van der Waals surface area contributed by atoms with Gasteiger partial charge in [-0.25, -0.2) is 8.42 Å². The van der Waals surface area contributed by atoms with E-state index in [0.717, 1.165) is 6.54 Å². The number of piperazine rings is 1. The van der Waals surface area contributed by atoms with Gasteiger partial charge in [-0.2, -0.15) is 4.31 Å².